The van der Waals surface area contributed by atoms with E-state index in [4.69, 9.17) is 0 Å². The summed E-state index contributed by atoms with van der Waals surface area (Å²) in [5.41, 5.74) is 3.23. The van der Waals surface area contributed by atoms with Gasteiger partial charge in [0.05, 0.1) is 11.8 Å². The minimum Gasteiger partial charge on any atom is -0.334 e. The van der Waals surface area contributed by atoms with E-state index in [0.29, 0.717) is 12.1 Å². The van der Waals surface area contributed by atoms with Crippen LogP contribution in [0.5, 0.6) is 0 Å². The van der Waals surface area contributed by atoms with Crippen LogP contribution in [0.25, 0.3) is 0 Å². The van der Waals surface area contributed by atoms with Crippen molar-refractivity contribution in [3.63, 3.8) is 0 Å². The Bertz CT molecular complexity index is 533. The molecule has 1 aromatic carbocycles. The predicted octanol–water partition coefficient (Wildman–Crippen LogP) is 1.61. The van der Waals surface area contributed by atoms with Gasteiger partial charge >= 0.3 is 0 Å². The maximum absolute atomic E-state index is 12.1. The van der Waals surface area contributed by atoms with Crippen molar-refractivity contribution in [2.45, 2.75) is 13.0 Å². The quantitative estimate of drug-likeness (QED) is 0.804. The number of carbonyl (C=O) groups is 1. The van der Waals surface area contributed by atoms with Gasteiger partial charge < -0.3 is 4.90 Å². The smallest absolute Gasteiger partial charge is 0.257 e. The minimum atomic E-state index is 0.0493. The molecule has 0 aliphatic carbocycles. The Morgan fingerprint density at radius 1 is 1.29 bits per heavy atom. The highest BCUT2D eigenvalue weighted by Crippen LogP contribution is 2.19. The van der Waals surface area contributed by atoms with Gasteiger partial charge in [-0.25, -0.2) is 0 Å². The van der Waals surface area contributed by atoms with E-state index in [0.717, 1.165) is 13.0 Å². The number of benzene rings is 1. The van der Waals surface area contributed by atoms with Crippen LogP contribution in [0.2, 0.25) is 0 Å². The number of hydrogen-bond donors (Lipinski definition) is 1. The number of rotatable bonds is 1. The van der Waals surface area contributed by atoms with Crippen LogP contribution >= 0.6 is 0 Å². The van der Waals surface area contributed by atoms with Crippen LogP contribution in [-0.2, 0) is 13.0 Å². The zero-order valence-corrected chi connectivity index (χ0v) is 9.39. The lowest BCUT2D eigenvalue weighted by atomic mass is 9.99. The molecule has 1 aliphatic heterocycles. The van der Waals surface area contributed by atoms with Gasteiger partial charge in [-0.1, -0.05) is 24.3 Å². The molecule has 0 spiro atoms. The molecule has 0 atom stereocenters. The van der Waals surface area contributed by atoms with Gasteiger partial charge in [0.15, 0.2) is 0 Å². The molecule has 2 aromatic rings. The average molecular weight is 227 g/mol. The normalized spacial score (nSPS) is 14.5. The second kappa shape index (κ2) is 4.05. The van der Waals surface area contributed by atoms with Gasteiger partial charge in [-0.05, 0) is 17.5 Å². The van der Waals surface area contributed by atoms with Crippen LogP contribution in [0.1, 0.15) is 21.5 Å². The summed E-state index contributed by atoms with van der Waals surface area (Å²) in [5.74, 6) is 0.0493. The summed E-state index contributed by atoms with van der Waals surface area (Å²) < 4.78 is 0. The lowest BCUT2D eigenvalue weighted by Gasteiger charge is -2.28. The zero-order chi connectivity index (χ0) is 11.7. The molecule has 0 unspecified atom stereocenters. The molecule has 2 heterocycles. The van der Waals surface area contributed by atoms with Gasteiger partial charge in [-0.15, -0.1) is 0 Å². The van der Waals surface area contributed by atoms with Gasteiger partial charge in [0.25, 0.3) is 5.91 Å². The number of fused-ring (bicyclic) bond motifs is 1. The molecule has 4 nitrogen and oxygen atoms in total. The first-order valence-electron chi connectivity index (χ1n) is 5.69. The van der Waals surface area contributed by atoms with Crippen LogP contribution in [0.3, 0.4) is 0 Å². The van der Waals surface area contributed by atoms with Gasteiger partial charge in [-0.3, -0.25) is 9.89 Å². The van der Waals surface area contributed by atoms with E-state index in [1.54, 1.807) is 12.4 Å². The molecule has 3 rings (SSSR count). The number of H-pyrrole nitrogens is 1. The van der Waals surface area contributed by atoms with Crippen LogP contribution in [-0.4, -0.2) is 27.5 Å². The molecule has 86 valence electrons. The second-order valence-electron chi connectivity index (χ2n) is 4.23. The van der Waals surface area contributed by atoms with E-state index < -0.39 is 0 Å². The lowest BCUT2D eigenvalue weighted by Crippen LogP contribution is -2.35. The molecular formula is C13H13N3O. The Morgan fingerprint density at radius 3 is 2.88 bits per heavy atom. The maximum atomic E-state index is 12.1. The molecule has 4 heteroatoms. The monoisotopic (exact) mass is 227 g/mol. The van der Waals surface area contributed by atoms with E-state index in [1.807, 2.05) is 17.0 Å². The van der Waals surface area contributed by atoms with Crippen molar-refractivity contribution in [3.05, 3.63) is 53.3 Å². The fraction of sp³-hybridized carbons (Fsp3) is 0.231. The zero-order valence-electron chi connectivity index (χ0n) is 9.39. The van der Waals surface area contributed by atoms with Gasteiger partial charge in [0.1, 0.15) is 0 Å². The second-order valence-corrected chi connectivity index (χ2v) is 4.23. The van der Waals surface area contributed by atoms with Crippen molar-refractivity contribution in [2.75, 3.05) is 6.54 Å². The topological polar surface area (TPSA) is 49.0 Å². The Hall–Kier alpha value is -2.10. The fourth-order valence-corrected chi connectivity index (χ4v) is 2.22. The molecule has 17 heavy (non-hydrogen) atoms. The van der Waals surface area contributed by atoms with E-state index in [2.05, 4.69) is 22.3 Å². The molecule has 0 radical (unpaired) electrons. The van der Waals surface area contributed by atoms with Crippen molar-refractivity contribution in [3.8, 4) is 0 Å². The third kappa shape index (κ3) is 1.82. The molecule has 1 N–H and O–H groups in total. The molecular weight excluding hydrogens is 214 g/mol. The third-order valence-electron chi connectivity index (χ3n) is 3.16. The predicted molar refractivity (Wildman–Crippen MR) is 63.5 cm³/mol. The van der Waals surface area contributed by atoms with Crippen molar-refractivity contribution in [1.29, 1.82) is 0 Å². The van der Waals surface area contributed by atoms with Crippen molar-refractivity contribution in [1.82, 2.24) is 15.1 Å². The summed E-state index contributed by atoms with van der Waals surface area (Å²) in [6.45, 7) is 1.47. The number of nitrogens with one attached hydrogen (secondary N) is 1. The first-order chi connectivity index (χ1) is 8.34. The summed E-state index contributed by atoms with van der Waals surface area (Å²) in [6.07, 6.45) is 4.14. The SMILES string of the molecule is O=C(c1cn[nH]c1)N1CCc2ccccc2C1. The number of aromatic nitrogens is 2. The molecule has 0 fully saturated rings. The summed E-state index contributed by atoms with van der Waals surface area (Å²) in [7, 11) is 0. The van der Waals surface area contributed by atoms with E-state index in [9.17, 15) is 4.79 Å². The Kier molecular flexibility index (Phi) is 2.40. The minimum absolute atomic E-state index is 0.0493. The number of hydrogen-bond acceptors (Lipinski definition) is 2. The maximum Gasteiger partial charge on any atom is 0.257 e. The summed E-state index contributed by atoms with van der Waals surface area (Å²) in [4.78, 5) is 14.0. The molecule has 1 amide bonds. The standard InChI is InChI=1S/C13H13N3O/c17-13(12-7-14-15-8-12)16-6-5-10-3-1-2-4-11(10)9-16/h1-4,7-8H,5-6,9H2,(H,14,15). The third-order valence-corrected chi connectivity index (χ3v) is 3.16. The Balaban J connectivity index is 1.83. The number of aromatic amines is 1. The molecule has 0 saturated carbocycles. The van der Waals surface area contributed by atoms with Crippen molar-refractivity contribution >= 4 is 5.91 Å². The lowest BCUT2D eigenvalue weighted by molar-refractivity contribution is 0.0735. The number of nitrogens with zero attached hydrogens (tertiary/aromatic N) is 2. The fourth-order valence-electron chi connectivity index (χ4n) is 2.22. The molecule has 1 aromatic heterocycles. The van der Waals surface area contributed by atoms with Crippen LogP contribution in [0.4, 0.5) is 0 Å². The van der Waals surface area contributed by atoms with E-state index in [1.165, 1.54) is 11.1 Å². The summed E-state index contributed by atoms with van der Waals surface area (Å²) >= 11 is 0. The number of amides is 1. The van der Waals surface area contributed by atoms with Crippen LogP contribution < -0.4 is 0 Å². The Morgan fingerprint density at radius 2 is 2.12 bits per heavy atom. The van der Waals surface area contributed by atoms with Crippen molar-refractivity contribution < 1.29 is 4.79 Å². The first-order valence-corrected chi connectivity index (χ1v) is 5.69. The molecule has 0 bridgehead atoms. The highest BCUT2D eigenvalue weighted by molar-refractivity contribution is 5.93. The van der Waals surface area contributed by atoms with E-state index >= 15 is 0 Å². The highest BCUT2D eigenvalue weighted by Gasteiger charge is 2.21. The van der Waals surface area contributed by atoms with E-state index in [-0.39, 0.29) is 5.91 Å². The van der Waals surface area contributed by atoms with Gasteiger partial charge in [-0.2, -0.15) is 5.10 Å². The first kappa shape index (κ1) is 10.1. The van der Waals surface area contributed by atoms with Crippen LogP contribution in [0.15, 0.2) is 36.7 Å². The number of carbonyl (C=O) groups excluding carboxylic acids is 1. The highest BCUT2D eigenvalue weighted by atomic mass is 16.2. The van der Waals surface area contributed by atoms with Crippen LogP contribution in [0, 0.1) is 0 Å². The molecule has 1 aliphatic rings. The summed E-state index contributed by atoms with van der Waals surface area (Å²) in [5, 5.41) is 6.48. The molecule has 0 saturated heterocycles. The average Bonchev–Trinajstić information content (AvgIpc) is 2.91. The summed E-state index contributed by atoms with van der Waals surface area (Å²) in [6, 6.07) is 8.29. The Labute approximate surface area is 99.3 Å². The van der Waals surface area contributed by atoms with Crippen molar-refractivity contribution in [2.24, 2.45) is 0 Å². The van der Waals surface area contributed by atoms with Gasteiger partial charge in [0, 0.05) is 19.3 Å². The van der Waals surface area contributed by atoms with Gasteiger partial charge in [0.2, 0.25) is 0 Å². The largest absolute Gasteiger partial charge is 0.334 e.